The molecule has 0 aliphatic rings. The minimum absolute atomic E-state index is 0.00439. The zero-order chi connectivity index (χ0) is 19.1. The molecular weight excluding hydrogens is 364 g/mol. The van der Waals surface area contributed by atoms with Crippen molar-refractivity contribution >= 4 is 26.7 Å². The van der Waals surface area contributed by atoms with E-state index >= 15 is 0 Å². The normalized spacial score (nSPS) is 12.2. The van der Waals surface area contributed by atoms with E-state index in [1.807, 2.05) is 6.92 Å². The first-order valence-electron chi connectivity index (χ1n) is 8.09. The lowest BCUT2D eigenvalue weighted by atomic mass is 10.2. The number of fused-ring (bicyclic) bond motifs is 1. The topological polar surface area (TPSA) is 77.1 Å². The fourth-order valence-corrected chi connectivity index (χ4v) is 4.13. The summed E-state index contributed by atoms with van der Waals surface area (Å²) >= 11 is 0. The van der Waals surface area contributed by atoms with Gasteiger partial charge >= 0.3 is 0 Å². The maximum absolute atomic E-state index is 12.9. The number of halogens is 2. The Morgan fingerprint density at radius 2 is 2.08 bits per heavy atom. The Kier molecular flexibility index (Phi) is 4.74. The number of alkyl halides is 2. The van der Waals surface area contributed by atoms with E-state index in [0.717, 1.165) is 6.42 Å². The molecule has 0 amide bonds. The quantitative estimate of drug-likeness (QED) is 0.693. The lowest BCUT2D eigenvalue weighted by molar-refractivity contribution is 0.151. The third kappa shape index (κ3) is 3.18. The molecule has 0 unspecified atom stereocenters. The molecule has 1 N–H and O–H groups in total. The summed E-state index contributed by atoms with van der Waals surface area (Å²) in [4.78, 5) is -0.00439. The van der Waals surface area contributed by atoms with Gasteiger partial charge in [-0.1, -0.05) is 24.2 Å². The Hall–Kier alpha value is -2.42. The number of aryl methyl sites for hydroxylation is 2. The van der Waals surface area contributed by atoms with Gasteiger partial charge in [-0.2, -0.15) is 0 Å². The van der Waals surface area contributed by atoms with Crippen LogP contribution in [0.15, 0.2) is 33.8 Å². The number of sulfonamides is 1. The van der Waals surface area contributed by atoms with Gasteiger partial charge in [-0.25, -0.2) is 17.2 Å². The van der Waals surface area contributed by atoms with Crippen molar-refractivity contribution in [1.82, 2.24) is 9.72 Å². The van der Waals surface area contributed by atoms with Crippen LogP contribution in [0, 0.1) is 6.92 Å². The number of hydrogen-bond acceptors (Lipinski definition) is 4. The Morgan fingerprint density at radius 3 is 2.73 bits per heavy atom. The van der Waals surface area contributed by atoms with E-state index in [-0.39, 0.29) is 16.3 Å². The molecule has 0 bridgehead atoms. The Bertz CT molecular complexity index is 1050. The summed E-state index contributed by atoms with van der Waals surface area (Å²) in [5.41, 5.74) is 0.884. The summed E-state index contributed by atoms with van der Waals surface area (Å²) in [5.74, 6) is 0.763. The molecule has 0 fully saturated rings. The van der Waals surface area contributed by atoms with E-state index in [9.17, 15) is 17.2 Å². The number of anilines is 1. The molecule has 0 saturated carbocycles. The molecule has 0 spiro atoms. The molecule has 0 aliphatic carbocycles. The second-order valence-electron chi connectivity index (χ2n) is 6.12. The largest absolute Gasteiger partial charge is 0.359 e. The summed E-state index contributed by atoms with van der Waals surface area (Å²) in [6.07, 6.45) is 0.274. The van der Waals surface area contributed by atoms with E-state index in [4.69, 9.17) is 4.52 Å². The average Bonchev–Trinajstić information content (AvgIpc) is 3.10. The molecule has 0 radical (unpaired) electrons. The van der Waals surface area contributed by atoms with Gasteiger partial charge < -0.3 is 9.09 Å². The van der Waals surface area contributed by atoms with Crippen LogP contribution in [-0.2, 0) is 23.5 Å². The molecule has 6 nitrogen and oxygen atoms in total. The summed E-state index contributed by atoms with van der Waals surface area (Å²) in [6, 6.07) is 3.91. The maximum Gasteiger partial charge on any atom is 0.265 e. The standard InChI is InChI=1S/C17H19F2N3O3S/c1-4-5-14-10(2)17(20-25-14)21-26(23,24)15-9-22(3)13-8-11(16(18)19)6-7-12(13)15/h6-9,16H,4-5H2,1-3H3,(H,20,21). The Morgan fingerprint density at radius 1 is 1.35 bits per heavy atom. The van der Waals surface area contributed by atoms with E-state index in [0.29, 0.717) is 28.6 Å². The molecule has 0 atom stereocenters. The molecule has 140 valence electrons. The fraction of sp³-hybridized carbons (Fsp3) is 0.353. The van der Waals surface area contributed by atoms with Crippen LogP contribution in [0.5, 0.6) is 0 Å². The fourth-order valence-electron chi connectivity index (χ4n) is 2.82. The molecule has 9 heteroatoms. The van der Waals surface area contributed by atoms with Crippen molar-refractivity contribution in [3.05, 3.63) is 41.3 Å². The lowest BCUT2D eigenvalue weighted by Crippen LogP contribution is -2.13. The minimum Gasteiger partial charge on any atom is -0.359 e. The average molecular weight is 383 g/mol. The van der Waals surface area contributed by atoms with Gasteiger partial charge in [0.25, 0.3) is 16.4 Å². The molecule has 2 heterocycles. The number of benzene rings is 1. The van der Waals surface area contributed by atoms with Crippen LogP contribution >= 0.6 is 0 Å². The van der Waals surface area contributed by atoms with E-state index < -0.39 is 16.4 Å². The monoisotopic (exact) mass is 383 g/mol. The highest BCUT2D eigenvalue weighted by molar-refractivity contribution is 7.93. The first kappa shape index (κ1) is 18.4. The molecule has 1 aromatic carbocycles. The van der Waals surface area contributed by atoms with Crippen LogP contribution in [-0.4, -0.2) is 18.1 Å². The summed E-state index contributed by atoms with van der Waals surface area (Å²) in [5, 5.41) is 4.16. The molecule has 3 aromatic rings. The van der Waals surface area contributed by atoms with E-state index in [2.05, 4.69) is 9.88 Å². The van der Waals surface area contributed by atoms with Crippen LogP contribution in [0.4, 0.5) is 14.6 Å². The molecule has 0 aliphatic heterocycles. The first-order valence-corrected chi connectivity index (χ1v) is 9.58. The van der Waals surface area contributed by atoms with Crippen LogP contribution < -0.4 is 4.72 Å². The summed E-state index contributed by atoms with van der Waals surface area (Å²) in [7, 11) is -2.35. The third-order valence-corrected chi connectivity index (χ3v) is 5.61. The number of rotatable bonds is 6. The van der Waals surface area contributed by atoms with Crippen LogP contribution in [0.3, 0.4) is 0 Å². The minimum atomic E-state index is -3.96. The van der Waals surface area contributed by atoms with E-state index in [1.54, 1.807) is 14.0 Å². The van der Waals surface area contributed by atoms with Gasteiger partial charge in [0, 0.05) is 41.7 Å². The number of aromatic nitrogens is 2. The van der Waals surface area contributed by atoms with Crippen molar-refractivity contribution in [2.24, 2.45) is 7.05 Å². The summed E-state index contributed by atoms with van der Waals surface area (Å²) < 4.78 is 60.6. The van der Waals surface area contributed by atoms with Gasteiger partial charge in [-0.15, -0.1) is 0 Å². The Balaban J connectivity index is 2.02. The predicted molar refractivity (Wildman–Crippen MR) is 93.9 cm³/mol. The van der Waals surface area contributed by atoms with Crippen LogP contribution in [0.25, 0.3) is 10.9 Å². The number of hydrogen-bond donors (Lipinski definition) is 1. The Labute approximate surface area is 149 Å². The van der Waals surface area contributed by atoms with Gasteiger partial charge in [0.15, 0.2) is 5.82 Å². The molecule has 2 aromatic heterocycles. The van der Waals surface area contributed by atoms with Gasteiger partial charge in [0.1, 0.15) is 10.7 Å². The van der Waals surface area contributed by atoms with Gasteiger partial charge in [-0.3, -0.25) is 4.72 Å². The smallest absolute Gasteiger partial charge is 0.265 e. The second-order valence-corrected chi connectivity index (χ2v) is 7.77. The highest BCUT2D eigenvalue weighted by Gasteiger charge is 2.24. The van der Waals surface area contributed by atoms with Crippen molar-refractivity contribution in [3.8, 4) is 0 Å². The molecule has 3 rings (SSSR count). The zero-order valence-corrected chi connectivity index (χ0v) is 15.4. The summed E-state index contributed by atoms with van der Waals surface area (Å²) in [6.45, 7) is 3.72. The first-order chi connectivity index (χ1) is 12.2. The molecular formula is C17H19F2N3O3S. The van der Waals surface area contributed by atoms with Gasteiger partial charge in [-0.05, 0) is 19.4 Å². The van der Waals surface area contributed by atoms with Crippen LogP contribution in [0.1, 0.15) is 36.7 Å². The number of nitrogens with zero attached hydrogens (tertiary/aromatic N) is 2. The van der Waals surface area contributed by atoms with Crippen molar-refractivity contribution in [3.63, 3.8) is 0 Å². The third-order valence-electron chi connectivity index (χ3n) is 4.25. The number of nitrogens with one attached hydrogen (secondary N) is 1. The van der Waals surface area contributed by atoms with Crippen LogP contribution in [0.2, 0.25) is 0 Å². The van der Waals surface area contributed by atoms with Crippen molar-refractivity contribution in [2.75, 3.05) is 4.72 Å². The lowest BCUT2D eigenvalue weighted by Gasteiger charge is -2.05. The maximum atomic E-state index is 12.9. The van der Waals surface area contributed by atoms with Gasteiger partial charge in [0.05, 0.1) is 0 Å². The predicted octanol–water partition coefficient (Wildman–Crippen LogP) is 4.17. The molecule has 26 heavy (non-hydrogen) atoms. The second kappa shape index (κ2) is 6.71. The highest BCUT2D eigenvalue weighted by atomic mass is 32.2. The van der Waals surface area contributed by atoms with Crippen molar-refractivity contribution in [1.29, 1.82) is 0 Å². The van der Waals surface area contributed by atoms with Gasteiger partial charge in [0.2, 0.25) is 0 Å². The van der Waals surface area contributed by atoms with Crippen molar-refractivity contribution < 1.29 is 21.7 Å². The SMILES string of the molecule is CCCc1onc(NS(=O)(=O)c2cn(C)c3cc(C(F)F)ccc23)c1C. The van der Waals surface area contributed by atoms with Crippen molar-refractivity contribution in [2.45, 2.75) is 38.0 Å². The highest BCUT2D eigenvalue weighted by Crippen LogP contribution is 2.31. The van der Waals surface area contributed by atoms with E-state index in [1.165, 1.54) is 29.0 Å². The molecule has 0 saturated heterocycles. The zero-order valence-electron chi connectivity index (χ0n) is 14.6.